The van der Waals surface area contributed by atoms with Gasteiger partial charge in [-0.25, -0.2) is 9.13 Å². The molecule has 0 saturated heterocycles. The first-order valence-corrected chi connectivity index (χ1v) is 5.53. The van der Waals surface area contributed by atoms with Gasteiger partial charge in [-0.15, -0.1) is 0 Å². The second-order valence-corrected chi connectivity index (χ2v) is 4.00. The maximum atomic E-state index is 11.8. The highest BCUT2D eigenvalue weighted by Crippen LogP contribution is 2.05. The number of imidazole rings is 1. The number of aryl methyl sites for hydroxylation is 1. The Morgan fingerprint density at radius 1 is 1.33 bits per heavy atom. The Labute approximate surface area is 113 Å². The lowest BCUT2D eigenvalue weighted by Gasteiger charge is -2.03. The van der Waals surface area contributed by atoms with Crippen LogP contribution >= 0.6 is 0 Å². The highest BCUT2D eigenvalue weighted by atomic mass is 35.5. The summed E-state index contributed by atoms with van der Waals surface area (Å²) in [5.74, 6) is 1.03. The Balaban J connectivity index is 0.00000162. The van der Waals surface area contributed by atoms with Gasteiger partial charge >= 0.3 is 0 Å². The molecule has 0 aliphatic heterocycles. The van der Waals surface area contributed by atoms with Crippen LogP contribution in [0.4, 0.5) is 5.69 Å². The molecule has 1 heterocycles. The molecule has 0 fully saturated rings. The summed E-state index contributed by atoms with van der Waals surface area (Å²) >= 11 is 0. The summed E-state index contributed by atoms with van der Waals surface area (Å²) in [5.41, 5.74) is 0.826. The number of nitrogens with zero attached hydrogens (tertiary/aromatic N) is 2. The van der Waals surface area contributed by atoms with Crippen LogP contribution in [0, 0.1) is 6.92 Å². The van der Waals surface area contributed by atoms with Crippen LogP contribution in [0.5, 0.6) is 0 Å². The van der Waals surface area contributed by atoms with Gasteiger partial charge in [0.1, 0.15) is 12.4 Å². The molecule has 0 saturated carbocycles. The van der Waals surface area contributed by atoms with E-state index in [1.165, 1.54) is 0 Å². The minimum atomic E-state index is -0.0181. The zero-order chi connectivity index (χ0) is 12.3. The molecular formula is C13H16ClN3O. The third kappa shape index (κ3) is 3.34. The number of halogens is 1. The number of nitrogens with one attached hydrogen (secondary N) is 1. The summed E-state index contributed by atoms with van der Waals surface area (Å²) in [7, 11) is 1.96. The van der Waals surface area contributed by atoms with Crippen molar-refractivity contribution in [3.05, 3.63) is 48.5 Å². The summed E-state index contributed by atoms with van der Waals surface area (Å²) < 4.78 is 3.90. The van der Waals surface area contributed by atoms with E-state index in [-0.39, 0.29) is 18.3 Å². The zero-order valence-corrected chi connectivity index (χ0v) is 11.2. The molecule has 1 amide bonds. The minimum Gasteiger partial charge on any atom is -1.00 e. The Kier molecular flexibility index (Phi) is 4.92. The predicted molar refractivity (Wildman–Crippen MR) is 65.4 cm³/mol. The lowest BCUT2D eigenvalue weighted by Crippen LogP contribution is -3.00. The predicted octanol–water partition coefficient (Wildman–Crippen LogP) is -1.74. The first kappa shape index (κ1) is 14.3. The van der Waals surface area contributed by atoms with Crippen molar-refractivity contribution in [1.29, 1.82) is 0 Å². The van der Waals surface area contributed by atoms with E-state index < -0.39 is 0 Å². The van der Waals surface area contributed by atoms with E-state index in [0.29, 0.717) is 6.54 Å². The van der Waals surface area contributed by atoms with Crippen LogP contribution in [-0.4, -0.2) is 10.5 Å². The van der Waals surface area contributed by atoms with Crippen LogP contribution in [0.15, 0.2) is 42.7 Å². The van der Waals surface area contributed by atoms with Crippen LogP contribution < -0.4 is 22.3 Å². The Morgan fingerprint density at radius 2 is 2.00 bits per heavy atom. The molecular weight excluding hydrogens is 250 g/mol. The van der Waals surface area contributed by atoms with Crippen molar-refractivity contribution in [1.82, 2.24) is 4.57 Å². The van der Waals surface area contributed by atoms with Crippen molar-refractivity contribution in [2.24, 2.45) is 7.05 Å². The lowest BCUT2D eigenvalue weighted by molar-refractivity contribution is -0.677. The van der Waals surface area contributed by atoms with Crippen LogP contribution in [0.3, 0.4) is 0 Å². The van der Waals surface area contributed by atoms with Gasteiger partial charge < -0.3 is 17.7 Å². The van der Waals surface area contributed by atoms with Gasteiger partial charge in [0.05, 0.1) is 7.05 Å². The highest BCUT2D eigenvalue weighted by molar-refractivity contribution is 5.90. The molecule has 2 aromatic rings. The third-order valence-electron chi connectivity index (χ3n) is 2.77. The van der Waals surface area contributed by atoms with Gasteiger partial charge in [-0.2, -0.15) is 0 Å². The van der Waals surface area contributed by atoms with Crippen molar-refractivity contribution in [3.8, 4) is 0 Å². The van der Waals surface area contributed by atoms with Crippen molar-refractivity contribution in [2.75, 3.05) is 5.32 Å². The molecule has 96 valence electrons. The van der Waals surface area contributed by atoms with Gasteiger partial charge in [0.15, 0.2) is 6.54 Å². The van der Waals surface area contributed by atoms with Gasteiger partial charge in [0, 0.05) is 12.6 Å². The second-order valence-electron chi connectivity index (χ2n) is 4.00. The summed E-state index contributed by atoms with van der Waals surface area (Å²) in [6.07, 6.45) is 3.84. The van der Waals surface area contributed by atoms with E-state index in [1.54, 1.807) is 0 Å². The van der Waals surface area contributed by atoms with E-state index in [4.69, 9.17) is 0 Å². The number of para-hydroxylation sites is 1. The van der Waals surface area contributed by atoms with Crippen LogP contribution in [0.1, 0.15) is 5.82 Å². The van der Waals surface area contributed by atoms with Crippen molar-refractivity contribution < 1.29 is 21.8 Å². The SMILES string of the molecule is Cc1n(CC(=O)Nc2ccccc2)cc[n+]1C.[Cl-]. The third-order valence-corrected chi connectivity index (χ3v) is 2.77. The first-order chi connectivity index (χ1) is 8.16. The van der Waals surface area contributed by atoms with Gasteiger partial charge in [-0.3, -0.25) is 4.79 Å². The van der Waals surface area contributed by atoms with Crippen LogP contribution in [0.2, 0.25) is 0 Å². The number of benzene rings is 1. The number of carbonyl (C=O) groups is 1. The zero-order valence-electron chi connectivity index (χ0n) is 10.4. The Bertz CT molecular complexity index is 522. The molecule has 0 radical (unpaired) electrons. The van der Waals surface area contributed by atoms with Gasteiger partial charge in [0.25, 0.3) is 11.7 Å². The molecule has 1 N–H and O–H groups in total. The van der Waals surface area contributed by atoms with Crippen molar-refractivity contribution in [2.45, 2.75) is 13.5 Å². The van der Waals surface area contributed by atoms with Crippen LogP contribution in [0.25, 0.3) is 0 Å². The summed E-state index contributed by atoms with van der Waals surface area (Å²) in [6.45, 7) is 2.32. The molecule has 0 aliphatic rings. The first-order valence-electron chi connectivity index (χ1n) is 5.53. The number of anilines is 1. The molecule has 0 atom stereocenters. The van der Waals surface area contributed by atoms with Crippen molar-refractivity contribution in [3.63, 3.8) is 0 Å². The van der Waals surface area contributed by atoms with E-state index >= 15 is 0 Å². The minimum absolute atomic E-state index is 0. The quantitative estimate of drug-likeness (QED) is 0.658. The van der Waals surface area contributed by atoms with Crippen LogP contribution in [-0.2, 0) is 18.4 Å². The van der Waals surface area contributed by atoms with Gasteiger partial charge in [-0.1, -0.05) is 18.2 Å². The molecule has 5 heteroatoms. The number of amides is 1. The molecule has 4 nitrogen and oxygen atoms in total. The van der Waals surface area contributed by atoms with E-state index in [2.05, 4.69) is 5.32 Å². The summed E-state index contributed by atoms with van der Waals surface area (Å²) in [6, 6.07) is 9.47. The molecule has 1 aromatic heterocycles. The molecule has 18 heavy (non-hydrogen) atoms. The fraction of sp³-hybridized carbons (Fsp3) is 0.231. The maximum absolute atomic E-state index is 11.8. The Hall–Kier alpha value is -1.81. The van der Waals surface area contributed by atoms with Gasteiger partial charge in [-0.05, 0) is 12.1 Å². The molecule has 1 aromatic carbocycles. The monoisotopic (exact) mass is 265 g/mol. The number of hydrogen-bond acceptors (Lipinski definition) is 1. The van der Waals surface area contributed by atoms with E-state index in [9.17, 15) is 4.79 Å². The lowest BCUT2D eigenvalue weighted by atomic mass is 10.3. The summed E-state index contributed by atoms with van der Waals surface area (Å²) in [4.78, 5) is 11.8. The molecule has 0 aliphatic carbocycles. The average molecular weight is 266 g/mol. The van der Waals surface area contributed by atoms with Gasteiger partial charge in [0.2, 0.25) is 0 Å². The Morgan fingerprint density at radius 3 is 2.56 bits per heavy atom. The maximum Gasteiger partial charge on any atom is 0.266 e. The van der Waals surface area contributed by atoms with Crippen molar-refractivity contribution >= 4 is 11.6 Å². The highest BCUT2D eigenvalue weighted by Gasteiger charge is 2.12. The molecule has 0 unspecified atom stereocenters. The largest absolute Gasteiger partial charge is 1.00 e. The number of rotatable bonds is 3. The standard InChI is InChI=1S/C13H15N3O.ClH/c1-11-15(2)8-9-16(11)10-13(17)14-12-6-4-3-5-7-12;/h3-9H,10H2,1-2H3;1H. The number of aromatic nitrogens is 2. The number of hydrogen-bond donors (Lipinski definition) is 1. The molecule has 0 bridgehead atoms. The van der Waals surface area contributed by atoms with E-state index in [0.717, 1.165) is 11.5 Å². The molecule has 2 rings (SSSR count). The smallest absolute Gasteiger partial charge is 0.266 e. The summed E-state index contributed by atoms with van der Waals surface area (Å²) in [5, 5.41) is 2.86. The normalized spacial score (nSPS) is 9.67. The second kappa shape index (κ2) is 6.21. The number of carbonyl (C=O) groups excluding carboxylic acids is 1. The topological polar surface area (TPSA) is 37.9 Å². The van der Waals surface area contributed by atoms with E-state index in [1.807, 2.05) is 65.8 Å². The fourth-order valence-corrected chi connectivity index (χ4v) is 1.64. The molecule has 0 spiro atoms. The fourth-order valence-electron chi connectivity index (χ4n) is 1.64. The average Bonchev–Trinajstić information content (AvgIpc) is 2.62.